The molecule has 92 valence electrons. The van der Waals surface area contributed by atoms with E-state index < -0.39 is 0 Å². The number of halogens is 1. The molecule has 0 aliphatic rings. The van der Waals surface area contributed by atoms with Crippen LogP contribution in [0.4, 0.5) is 0 Å². The summed E-state index contributed by atoms with van der Waals surface area (Å²) < 4.78 is 5.72. The molecule has 4 heteroatoms. The van der Waals surface area contributed by atoms with Gasteiger partial charge in [-0.15, -0.1) is 0 Å². The van der Waals surface area contributed by atoms with E-state index in [0.717, 1.165) is 27.6 Å². The third-order valence-corrected chi connectivity index (χ3v) is 3.53. The lowest BCUT2D eigenvalue weighted by atomic mass is 10.1. The fourth-order valence-corrected chi connectivity index (χ4v) is 2.29. The average molecular weight is 313 g/mol. The fraction of sp³-hybridized carbons (Fsp3) is 0.0667. The molecule has 0 amide bonds. The fourth-order valence-electron chi connectivity index (χ4n) is 1.94. The summed E-state index contributed by atoms with van der Waals surface area (Å²) in [5, 5.41) is 9.89. The zero-order chi connectivity index (χ0) is 13.2. The van der Waals surface area contributed by atoms with Gasteiger partial charge in [-0.2, -0.15) is 5.26 Å². The van der Waals surface area contributed by atoms with Crippen LogP contribution in [0.3, 0.4) is 0 Å². The van der Waals surface area contributed by atoms with Gasteiger partial charge in [0.25, 0.3) is 0 Å². The van der Waals surface area contributed by atoms with Crippen molar-refractivity contribution in [3.8, 4) is 17.5 Å². The minimum absolute atomic E-state index is 0.485. The monoisotopic (exact) mass is 312 g/mol. The van der Waals surface area contributed by atoms with Crippen molar-refractivity contribution < 1.29 is 4.42 Å². The van der Waals surface area contributed by atoms with Gasteiger partial charge in [0.2, 0.25) is 5.89 Å². The SMILES string of the molecule is N#Cc1ccccc1-c1nc2cc(CBr)ccc2o1. The number of nitriles is 1. The third-order valence-electron chi connectivity index (χ3n) is 2.88. The van der Waals surface area contributed by atoms with Gasteiger partial charge in [0.05, 0.1) is 17.2 Å². The van der Waals surface area contributed by atoms with Crippen LogP contribution >= 0.6 is 15.9 Å². The van der Waals surface area contributed by atoms with Gasteiger partial charge < -0.3 is 4.42 Å². The summed E-state index contributed by atoms with van der Waals surface area (Å²) in [5.41, 5.74) is 3.96. The summed E-state index contributed by atoms with van der Waals surface area (Å²) in [6, 6.07) is 15.3. The van der Waals surface area contributed by atoms with E-state index in [-0.39, 0.29) is 0 Å². The average Bonchev–Trinajstić information content (AvgIpc) is 2.89. The van der Waals surface area contributed by atoms with Crippen LogP contribution in [-0.4, -0.2) is 4.98 Å². The number of alkyl halides is 1. The predicted octanol–water partition coefficient (Wildman–Crippen LogP) is 4.26. The minimum atomic E-state index is 0.485. The summed E-state index contributed by atoms with van der Waals surface area (Å²) in [6.45, 7) is 0. The van der Waals surface area contributed by atoms with Gasteiger partial charge in [0, 0.05) is 5.33 Å². The zero-order valence-corrected chi connectivity index (χ0v) is 11.5. The van der Waals surface area contributed by atoms with Crippen LogP contribution in [0.25, 0.3) is 22.6 Å². The Morgan fingerprint density at radius 3 is 2.84 bits per heavy atom. The lowest BCUT2D eigenvalue weighted by Crippen LogP contribution is -1.83. The summed E-state index contributed by atoms with van der Waals surface area (Å²) in [5.74, 6) is 0.485. The lowest BCUT2D eigenvalue weighted by Gasteiger charge is -1.96. The maximum atomic E-state index is 9.11. The van der Waals surface area contributed by atoms with Crippen molar-refractivity contribution in [1.82, 2.24) is 4.98 Å². The minimum Gasteiger partial charge on any atom is -0.436 e. The molecule has 3 nitrogen and oxygen atoms in total. The maximum absolute atomic E-state index is 9.11. The highest BCUT2D eigenvalue weighted by molar-refractivity contribution is 9.08. The molecule has 0 atom stereocenters. The van der Waals surface area contributed by atoms with E-state index in [1.54, 1.807) is 6.07 Å². The molecule has 0 aliphatic heterocycles. The Labute approximate surface area is 118 Å². The molecule has 1 heterocycles. The Kier molecular flexibility index (Phi) is 3.06. The second-order valence-electron chi connectivity index (χ2n) is 4.11. The number of hydrogen-bond acceptors (Lipinski definition) is 3. The lowest BCUT2D eigenvalue weighted by molar-refractivity contribution is 0.619. The van der Waals surface area contributed by atoms with Gasteiger partial charge in [-0.1, -0.05) is 34.1 Å². The molecule has 3 rings (SSSR count). The molecular formula is C15H9BrN2O. The molecule has 0 bridgehead atoms. The van der Waals surface area contributed by atoms with Crippen LogP contribution in [0.15, 0.2) is 46.9 Å². The van der Waals surface area contributed by atoms with Crippen molar-refractivity contribution in [3.05, 3.63) is 53.6 Å². The third kappa shape index (κ3) is 2.13. The van der Waals surface area contributed by atoms with Crippen molar-refractivity contribution in [1.29, 1.82) is 5.26 Å². The molecular weight excluding hydrogens is 304 g/mol. The number of benzene rings is 2. The first-order valence-electron chi connectivity index (χ1n) is 5.77. The first-order valence-corrected chi connectivity index (χ1v) is 6.89. The highest BCUT2D eigenvalue weighted by Crippen LogP contribution is 2.27. The number of aromatic nitrogens is 1. The molecule has 19 heavy (non-hydrogen) atoms. The topological polar surface area (TPSA) is 49.8 Å². The molecule has 3 aromatic rings. The van der Waals surface area contributed by atoms with Crippen LogP contribution < -0.4 is 0 Å². The van der Waals surface area contributed by atoms with Gasteiger partial charge in [-0.05, 0) is 29.8 Å². The quantitative estimate of drug-likeness (QED) is 0.664. The van der Waals surface area contributed by atoms with Crippen LogP contribution in [0.5, 0.6) is 0 Å². The Morgan fingerprint density at radius 2 is 2.05 bits per heavy atom. The van der Waals surface area contributed by atoms with Gasteiger partial charge >= 0.3 is 0 Å². The van der Waals surface area contributed by atoms with E-state index in [4.69, 9.17) is 9.68 Å². The van der Waals surface area contributed by atoms with Crippen molar-refractivity contribution in [3.63, 3.8) is 0 Å². The maximum Gasteiger partial charge on any atom is 0.228 e. The van der Waals surface area contributed by atoms with Crippen LogP contribution in [-0.2, 0) is 5.33 Å². The number of nitrogens with zero attached hydrogens (tertiary/aromatic N) is 2. The highest BCUT2D eigenvalue weighted by Gasteiger charge is 2.11. The first-order chi connectivity index (χ1) is 9.31. The number of fused-ring (bicyclic) bond motifs is 1. The Morgan fingerprint density at radius 1 is 1.21 bits per heavy atom. The summed E-state index contributed by atoms with van der Waals surface area (Å²) in [6.07, 6.45) is 0. The van der Waals surface area contributed by atoms with E-state index >= 15 is 0 Å². The first kappa shape index (κ1) is 11.9. The molecule has 1 aromatic heterocycles. The molecule has 0 aliphatic carbocycles. The van der Waals surface area contributed by atoms with E-state index in [9.17, 15) is 0 Å². The Balaban J connectivity index is 2.18. The number of oxazole rings is 1. The van der Waals surface area contributed by atoms with E-state index in [1.165, 1.54) is 0 Å². The molecule has 0 radical (unpaired) electrons. The van der Waals surface area contributed by atoms with Crippen molar-refractivity contribution >= 4 is 27.0 Å². The molecule has 0 unspecified atom stereocenters. The zero-order valence-electron chi connectivity index (χ0n) is 9.93. The summed E-state index contributed by atoms with van der Waals surface area (Å²) >= 11 is 3.42. The smallest absolute Gasteiger partial charge is 0.228 e. The van der Waals surface area contributed by atoms with Gasteiger partial charge in [0.1, 0.15) is 5.52 Å². The molecule has 0 saturated heterocycles. The standard InChI is InChI=1S/C15H9BrN2O/c16-8-10-5-6-14-13(7-10)18-15(19-14)12-4-2-1-3-11(12)9-17/h1-7H,8H2. The second kappa shape index (κ2) is 4.87. The van der Waals surface area contributed by atoms with Crippen molar-refractivity contribution in [2.24, 2.45) is 0 Å². The van der Waals surface area contributed by atoms with Crippen LogP contribution in [0, 0.1) is 11.3 Å². The van der Waals surface area contributed by atoms with Gasteiger partial charge in [-0.3, -0.25) is 0 Å². The van der Waals surface area contributed by atoms with Gasteiger partial charge in [0.15, 0.2) is 5.58 Å². The normalized spacial score (nSPS) is 10.5. The second-order valence-corrected chi connectivity index (χ2v) is 4.67. The molecule has 0 fully saturated rings. The van der Waals surface area contributed by atoms with E-state index in [2.05, 4.69) is 27.0 Å². The summed E-state index contributed by atoms with van der Waals surface area (Å²) in [4.78, 5) is 4.46. The van der Waals surface area contributed by atoms with Crippen molar-refractivity contribution in [2.75, 3.05) is 0 Å². The molecule has 0 spiro atoms. The van der Waals surface area contributed by atoms with Crippen molar-refractivity contribution in [2.45, 2.75) is 5.33 Å². The Hall–Kier alpha value is -2.12. The Bertz CT molecular complexity index is 786. The molecule has 0 saturated carbocycles. The van der Waals surface area contributed by atoms with E-state index in [1.807, 2.05) is 36.4 Å². The van der Waals surface area contributed by atoms with E-state index in [0.29, 0.717) is 11.5 Å². The van der Waals surface area contributed by atoms with Gasteiger partial charge in [-0.25, -0.2) is 4.98 Å². The largest absolute Gasteiger partial charge is 0.436 e. The summed E-state index contributed by atoms with van der Waals surface area (Å²) in [7, 11) is 0. The number of hydrogen-bond donors (Lipinski definition) is 0. The molecule has 0 N–H and O–H groups in total. The highest BCUT2D eigenvalue weighted by atomic mass is 79.9. The molecule has 2 aromatic carbocycles. The van der Waals surface area contributed by atoms with Crippen LogP contribution in [0.2, 0.25) is 0 Å². The number of rotatable bonds is 2. The predicted molar refractivity (Wildman–Crippen MR) is 76.8 cm³/mol. The van der Waals surface area contributed by atoms with Crippen LogP contribution in [0.1, 0.15) is 11.1 Å².